The maximum Gasteiger partial charge on any atom is 0.0552 e. The molecule has 0 radical (unpaired) electrons. The van der Waals surface area contributed by atoms with Gasteiger partial charge in [0.25, 0.3) is 0 Å². The molecule has 2 aliphatic rings. The number of rotatable bonds is 2. The lowest BCUT2D eigenvalue weighted by Crippen LogP contribution is -2.18. The fraction of sp³-hybridized carbons (Fsp3) is 0.647. The molecule has 0 fully saturated rings. The summed E-state index contributed by atoms with van der Waals surface area (Å²) < 4.78 is 0. The first-order valence-corrected chi connectivity index (χ1v) is 7.59. The number of fused-ring (bicyclic) bond motifs is 2. The molecule has 1 aromatic carbocycles. The third-order valence-corrected chi connectivity index (χ3v) is 4.60. The van der Waals surface area contributed by atoms with Gasteiger partial charge in [-0.15, -0.1) is 0 Å². The quantitative estimate of drug-likeness (QED) is 0.845. The molecule has 1 aromatic rings. The second-order valence-electron chi connectivity index (χ2n) is 6.10. The molecule has 1 atom stereocenters. The number of hydrogen-bond acceptors (Lipinski definition) is 1. The molecule has 3 rings (SSSR count). The van der Waals surface area contributed by atoms with Crippen LogP contribution < -0.4 is 0 Å². The lowest BCUT2D eigenvalue weighted by molar-refractivity contribution is 0.194. The number of benzene rings is 1. The van der Waals surface area contributed by atoms with Gasteiger partial charge in [-0.1, -0.05) is 6.07 Å². The van der Waals surface area contributed by atoms with Crippen LogP contribution in [0.1, 0.15) is 60.4 Å². The number of aryl methyl sites for hydroxylation is 2. The van der Waals surface area contributed by atoms with E-state index in [9.17, 15) is 5.11 Å². The molecule has 0 aliphatic heterocycles. The molecule has 1 unspecified atom stereocenters. The van der Waals surface area contributed by atoms with Crippen molar-refractivity contribution in [1.82, 2.24) is 0 Å². The molecule has 0 aromatic heterocycles. The summed E-state index contributed by atoms with van der Waals surface area (Å²) in [5.41, 5.74) is 7.91. The Hall–Kier alpha value is -0.820. The van der Waals surface area contributed by atoms with Crippen molar-refractivity contribution < 1.29 is 5.11 Å². The van der Waals surface area contributed by atoms with Crippen LogP contribution in [0.5, 0.6) is 0 Å². The Bertz CT molecular complexity index is 411. The van der Waals surface area contributed by atoms with Crippen LogP contribution in [0.15, 0.2) is 6.07 Å². The van der Waals surface area contributed by atoms with Gasteiger partial charge in [-0.2, -0.15) is 0 Å². The van der Waals surface area contributed by atoms with E-state index in [0.717, 1.165) is 6.42 Å². The van der Waals surface area contributed by atoms with E-state index >= 15 is 0 Å². The predicted molar refractivity (Wildman–Crippen MR) is 75.1 cm³/mol. The second kappa shape index (κ2) is 5.05. The zero-order valence-corrected chi connectivity index (χ0v) is 11.5. The maximum absolute atomic E-state index is 9.81. The Labute approximate surface area is 110 Å². The fourth-order valence-corrected chi connectivity index (χ4v) is 3.80. The summed E-state index contributed by atoms with van der Waals surface area (Å²) in [7, 11) is 0. The SMILES string of the molecule is CC(O)Cc1c2c(cc3c1CCCC3)CCCC2. The molecular formula is C17H24O. The first-order valence-electron chi connectivity index (χ1n) is 7.59. The molecule has 0 heterocycles. The monoisotopic (exact) mass is 244 g/mol. The molecule has 18 heavy (non-hydrogen) atoms. The van der Waals surface area contributed by atoms with Gasteiger partial charge in [-0.05, 0) is 92.5 Å². The smallest absolute Gasteiger partial charge is 0.0552 e. The highest BCUT2D eigenvalue weighted by Gasteiger charge is 2.22. The molecule has 0 amide bonds. The van der Waals surface area contributed by atoms with E-state index < -0.39 is 0 Å². The summed E-state index contributed by atoms with van der Waals surface area (Å²) in [5, 5.41) is 9.81. The van der Waals surface area contributed by atoms with Crippen molar-refractivity contribution in [2.75, 3.05) is 0 Å². The molecule has 1 heteroatoms. The molecule has 2 aliphatic carbocycles. The molecule has 1 N–H and O–H groups in total. The average molecular weight is 244 g/mol. The fourth-order valence-electron chi connectivity index (χ4n) is 3.80. The Balaban J connectivity index is 2.11. The van der Waals surface area contributed by atoms with Crippen molar-refractivity contribution in [2.45, 2.75) is 70.8 Å². The first kappa shape index (κ1) is 12.2. The summed E-state index contributed by atoms with van der Waals surface area (Å²) in [6, 6.07) is 2.49. The van der Waals surface area contributed by atoms with Gasteiger partial charge in [-0.3, -0.25) is 0 Å². The minimum absolute atomic E-state index is 0.204. The van der Waals surface area contributed by atoms with Gasteiger partial charge in [0.05, 0.1) is 6.10 Å². The standard InChI is InChI=1S/C17H24O/c1-12(18)10-17-15-8-4-2-6-13(15)11-14-7-3-5-9-16(14)17/h11-12,18H,2-10H2,1H3. The van der Waals surface area contributed by atoms with E-state index in [1.165, 1.54) is 56.9 Å². The Kier molecular flexibility index (Phi) is 3.43. The minimum atomic E-state index is -0.204. The lowest BCUT2D eigenvalue weighted by atomic mass is 9.78. The predicted octanol–water partition coefficient (Wildman–Crippen LogP) is 3.37. The van der Waals surface area contributed by atoms with Gasteiger partial charge >= 0.3 is 0 Å². The number of aliphatic hydroxyl groups excluding tert-OH is 1. The van der Waals surface area contributed by atoms with Crippen LogP contribution in [-0.2, 0) is 32.1 Å². The van der Waals surface area contributed by atoms with Crippen molar-refractivity contribution in [3.63, 3.8) is 0 Å². The van der Waals surface area contributed by atoms with Crippen molar-refractivity contribution in [3.8, 4) is 0 Å². The molecule has 0 saturated heterocycles. The zero-order valence-electron chi connectivity index (χ0n) is 11.5. The van der Waals surface area contributed by atoms with Gasteiger partial charge in [0.1, 0.15) is 0 Å². The van der Waals surface area contributed by atoms with Gasteiger partial charge in [0.15, 0.2) is 0 Å². The summed E-state index contributed by atoms with van der Waals surface area (Å²) in [6.45, 7) is 1.93. The van der Waals surface area contributed by atoms with E-state index in [0.29, 0.717) is 0 Å². The maximum atomic E-state index is 9.81. The van der Waals surface area contributed by atoms with Crippen molar-refractivity contribution >= 4 is 0 Å². The molecule has 0 saturated carbocycles. The van der Waals surface area contributed by atoms with Crippen LogP contribution in [0.25, 0.3) is 0 Å². The molecule has 0 spiro atoms. The third-order valence-electron chi connectivity index (χ3n) is 4.60. The second-order valence-corrected chi connectivity index (χ2v) is 6.10. The van der Waals surface area contributed by atoms with Gasteiger partial charge in [-0.25, -0.2) is 0 Å². The zero-order chi connectivity index (χ0) is 12.5. The first-order chi connectivity index (χ1) is 8.75. The van der Waals surface area contributed by atoms with Crippen LogP contribution in [-0.4, -0.2) is 11.2 Å². The minimum Gasteiger partial charge on any atom is -0.393 e. The van der Waals surface area contributed by atoms with E-state index in [-0.39, 0.29) is 6.10 Å². The summed E-state index contributed by atoms with van der Waals surface area (Å²) >= 11 is 0. The van der Waals surface area contributed by atoms with Crippen molar-refractivity contribution in [3.05, 3.63) is 33.9 Å². The van der Waals surface area contributed by atoms with Crippen LogP contribution in [0, 0.1) is 0 Å². The normalized spacial score (nSPS) is 20.1. The summed E-state index contributed by atoms with van der Waals surface area (Å²) in [4.78, 5) is 0. The van der Waals surface area contributed by atoms with Gasteiger partial charge in [0.2, 0.25) is 0 Å². The summed E-state index contributed by atoms with van der Waals surface area (Å²) in [5.74, 6) is 0. The Morgan fingerprint density at radius 2 is 1.44 bits per heavy atom. The van der Waals surface area contributed by atoms with Crippen LogP contribution in [0.3, 0.4) is 0 Å². The molecule has 0 bridgehead atoms. The van der Waals surface area contributed by atoms with Gasteiger partial charge in [0, 0.05) is 0 Å². The van der Waals surface area contributed by atoms with E-state index in [2.05, 4.69) is 6.07 Å². The topological polar surface area (TPSA) is 20.2 Å². The number of aliphatic hydroxyl groups is 1. The Morgan fingerprint density at radius 3 is 1.94 bits per heavy atom. The van der Waals surface area contributed by atoms with E-state index in [4.69, 9.17) is 0 Å². The molecular weight excluding hydrogens is 220 g/mol. The van der Waals surface area contributed by atoms with E-state index in [1.54, 1.807) is 22.3 Å². The van der Waals surface area contributed by atoms with Gasteiger partial charge < -0.3 is 5.11 Å². The van der Waals surface area contributed by atoms with Crippen LogP contribution in [0.2, 0.25) is 0 Å². The average Bonchev–Trinajstić information content (AvgIpc) is 2.38. The van der Waals surface area contributed by atoms with Crippen LogP contribution >= 0.6 is 0 Å². The highest BCUT2D eigenvalue weighted by atomic mass is 16.3. The molecule has 98 valence electrons. The van der Waals surface area contributed by atoms with Crippen molar-refractivity contribution in [1.29, 1.82) is 0 Å². The highest BCUT2D eigenvalue weighted by Crippen LogP contribution is 2.34. The number of hydrogen-bond donors (Lipinski definition) is 1. The molecule has 1 nitrogen and oxygen atoms in total. The van der Waals surface area contributed by atoms with E-state index in [1.807, 2.05) is 6.92 Å². The highest BCUT2D eigenvalue weighted by molar-refractivity contribution is 5.48. The largest absolute Gasteiger partial charge is 0.393 e. The Morgan fingerprint density at radius 1 is 0.944 bits per heavy atom. The third kappa shape index (κ3) is 2.21. The van der Waals surface area contributed by atoms with Crippen LogP contribution in [0.4, 0.5) is 0 Å². The summed E-state index contributed by atoms with van der Waals surface area (Å²) in [6.07, 6.45) is 11.0. The van der Waals surface area contributed by atoms with Crippen molar-refractivity contribution in [2.24, 2.45) is 0 Å². The lowest BCUT2D eigenvalue weighted by Gasteiger charge is -2.28.